The first-order chi connectivity index (χ1) is 11.9. The molecule has 1 aliphatic rings. The van der Waals surface area contributed by atoms with Crippen molar-refractivity contribution in [1.29, 1.82) is 0 Å². The van der Waals surface area contributed by atoms with Gasteiger partial charge in [0, 0.05) is 32.9 Å². The Kier molecular flexibility index (Phi) is 3.35. The summed E-state index contributed by atoms with van der Waals surface area (Å²) in [7, 11) is 3.16. The Hall–Kier alpha value is -2.83. The normalized spacial score (nSPS) is 14.2. The third-order valence-electron chi connectivity index (χ3n) is 5.13. The lowest BCUT2D eigenvalue weighted by molar-refractivity contribution is 0.600. The summed E-state index contributed by atoms with van der Waals surface area (Å²) in [5.74, 6) is 0.725. The largest absolute Gasteiger partial charge is 0.332 e. The molecule has 0 aliphatic carbocycles. The Labute approximate surface area is 144 Å². The number of rotatable bonds is 1. The van der Waals surface area contributed by atoms with Crippen molar-refractivity contribution in [2.24, 2.45) is 14.1 Å². The Balaban J connectivity index is 2.01. The van der Waals surface area contributed by atoms with Crippen molar-refractivity contribution in [1.82, 2.24) is 18.7 Å². The maximum absolute atomic E-state index is 12.6. The van der Waals surface area contributed by atoms with Crippen LogP contribution >= 0.6 is 0 Å². The predicted octanol–water partition coefficient (Wildman–Crippen LogP) is 1.59. The van der Waals surface area contributed by atoms with Crippen LogP contribution in [0.25, 0.3) is 11.2 Å². The van der Waals surface area contributed by atoms with Gasteiger partial charge in [0.1, 0.15) is 0 Å². The molecule has 3 heterocycles. The number of aromatic nitrogens is 4. The van der Waals surface area contributed by atoms with Crippen LogP contribution in [0.15, 0.2) is 27.8 Å². The van der Waals surface area contributed by atoms with Gasteiger partial charge in [0.15, 0.2) is 11.2 Å². The molecular formula is C18H21N5O2. The molecule has 0 bridgehead atoms. The van der Waals surface area contributed by atoms with Gasteiger partial charge in [-0.05, 0) is 43.5 Å². The predicted molar refractivity (Wildman–Crippen MR) is 97.8 cm³/mol. The van der Waals surface area contributed by atoms with Gasteiger partial charge < -0.3 is 9.47 Å². The minimum atomic E-state index is -0.356. The highest BCUT2D eigenvalue weighted by Crippen LogP contribution is 2.31. The van der Waals surface area contributed by atoms with Gasteiger partial charge >= 0.3 is 5.69 Å². The molecule has 1 aliphatic heterocycles. The Morgan fingerprint density at radius 1 is 1.00 bits per heavy atom. The second-order valence-electron chi connectivity index (χ2n) is 6.72. The molecule has 25 heavy (non-hydrogen) atoms. The highest BCUT2D eigenvalue weighted by molar-refractivity contribution is 5.77. The number of hydrogen-bond donors (Lipinski definition) is 0. The number of imidazole rings is 1. The average molecular weight is 339 g/mol. The zero-order valence-corrected chi connectivity index (χ0v) is 14.9. The first-order valence-electron chi connectivity index (χ1n) is 8.41. The van der Waals surface area contributed by atoms with Crippen molar-refractivity contribution in [2.45, 2.75) is 26.8 Å². The molecule has 0 unspecified atom stereocenters. The summed E-state index contributed by atoms with van der Waals surface area (Å²) >= 11 is 0. The summed E-state index contributed by atoms with van der Waals surface area (Å²) in [4.78, 5) is 31.6. The minimum absolute atomic E-state index is 0.293. The minimum Gasteiger partial charge on any atom is -0.312 e. The quantitative estimate of drug-likeness (QED) is 0.675. The number of nitrogens with zero attached hydrogens (tertiary/aromatic N) is 5. The third kappa shape index (κ3) is 2.15. The van der Waals surface area contributed by atoms with E-state index in [0.29, 0.717) is 11.2 Å². The van der Waals surface area contributed by atoms with Crippen molar-refractivity contribution in [2.75, 3.05) is 11.4 Å². The van der Waals surface area contributed by atoms with E-state index < -0.39 is 0 Å². The summed E-state index contributed by atoms with van der Waals surface area (Å²) in [5.41, 5.74) is 3.80. The molecular weight excluding hydrogens is 318 g/mol. The smallest absolute Gasteiger partial charge is 0.312 e. The first-order valence-corrected chi connectivity index (χ1v) is 8.41. The Bertz CT molecular complexity index is 1120. The molecule has 0 saturated heterocycles. The van der Waals surface area contributed by atoms with E-state index in [1.165, 1.54) is 22.7 Å². The first kappa shape index (κ1) is 15.7. The molecule has 0 spiro atoms. The van der Waals surface area contributed by atoms with Gasteiger partial charge in [-0.3, -0.25) is 13.9 Å². The lowest BCUT2D eigenvalue weighted by Crippen LogP contribution is -2.38. The SMILES string of the molecule is Cc1ccc(N2CCCn3c2nc2c3c(=O)n(C)c(=O)n2C)cc1C. The second kappa shape index (κ2) is 5.34. The molecule has 3 aromatic rings. The molecule has 0 amide bonds. The molecule has 7 heteroatoms. The van der Waals surface area contributed by atoms with Crippen LogP contribution in [0.5, 0.6) is 0 Å². The van der Waals surface area contributed by atoms with Crippen LogP contribution in [-0.2, 0) is 20.6 Å². The molecule has 7 nitrogen and oxygen atoms in total. The molecule has 0 atom stereocenters. The van der Waals surface area contributed by atoms with E-state index in [2.05, 4.69) is 41.9 Å². The molecule has 2 aromatic heterocycles. The van der Waals surface area contributed by atoms with Crippen molar-refractivity contribution >= 4 is 22.8 Å². The van der Waals surface area contributed by atoms with Gasteiger partial charge in [-0.25, -0.2) is 4.79 Å². The summed E-state index contributed by atoms with van der Waals surface area (Å²) in [6, 6.07) is 6.32. The van der Waals surface area contributed by atoms with E-state index in [9.17, 15) is 9.59 Å². The van der Waals surface area contributed by atoms with Crippen molar-refractivity contribution in [3.8, 4) is 0 Å². The number of aryl methyl sites for hydroxylation is 4. The summed E-state index contributed by atoms with van der Waals surface area (Å²) in [6.07, 6.45) is 0.914. The van der Waals surface area contributed by atoms with E-state index in [-0.39, 0.29) is 11.2 Å². The van der Waals surface area contributed by atoms with Crippen LogP contribution in [0, 0.1) is 13.8 Å². The van der Waals surface area contributed by atoms with Crippen molar-refractivity contribution < 1.29 is 0 Å². The van der Waals surface area contributed by atoms with Gasteiger partial charge in [-0.2, -0.15) is 4.98 Å². The molecule has 0 saturated carbocycles. The van der Waals surface area contributed by atoms with Gasteiger partial charge in [-0.15, -0.1) is 0 Å². The Morgan fingerprint density at radius 2 is 1.76 bits per heavy atom. The van der Waals surface area contributed by atoms with Crippen LogP contribution in [0.1, 0.15) is 17.5 Å². The molecule has 4 rings (SSSR count). The topological polar surface area (TPSA) is 65.1 Å². The van der Waals surface area contributed by atoms with E-state index >= 15 is 0 Å². The van der Waals surface area contributed by atoms with Crippen molar-refractivity contribution in [3.63, 3.8) is 0 Å². The summed E-state index contributed by atoms with van der Waals surface area (Å²) < 4.78 is 4.53. The zero-order valence-electron chi connectivity index (χ0n) is 14.9. The third-order valence-corrected chi connectivity index (χ3v) is 5.13. The highest BCUT2D eigenvalue weighted by atomic mass is 16.2. The molecule has 1 aromatic carbocycles. The molecule has 0 N–H and O–H groups in total. The van der Waals surface area contributed by atoms with Crippen LogP contribution in [0.3, 0.4) is 0 Å². The lowest BCUT2D eigenvalue weighted by atomic mass is 10.1. The Morgan fingerprint density at radius 3 is 2.48 bits per heavy atom. The summed E-state index contributed by atoms with van der Waals surface area (Å²) in [5, 5.41) is 0. The lowest BCUT2D eigenvalue weighted by Gasteiger charge is -2.29. The highest BCUT2D eigenvalue weighted by Gasteiger charge is 2.26. The zero-order chi connectivity index (χ0) is 17.9. The molecule has 130 valence electrons. The van der Waals surface area contributed by atoms with Gasteiger partial charge in [0.2, 0.25) is 5.95 Å². The maximum atomic E-state index is 12.6. The molecule has 0 radical (unpaired) electrons. The van der Waals surface area contributed by atoms with Crippen LogP contribution < -0.4 is 16.1 Å². The van der Waals surface area contributed by atoms with E-state index in [4.69, 9.17) is 0 Å². The van der Waals surface area contributed by atoms with Gasteiger partial charge in [0.25, 0.3) is 5.56 Å². The van der Waals surface area contributed by atoms with Crippen molar-refractivity contribution in [3.05, 3.63) is 50.2 Å². The van der Waals surface area contributed by atoms with Crippen LogP contribution in [0.2, 0.25) is 0 Å². The average Bonchev–Trinajstić information content (AvgIpc) is 3.00. The monoisotopic (exact) mass is 339 g/mol. The number of hydrogen-bond acceptors (Lipinski definition) is 4. The van der Waals surface area contributed by atoms with E-state index in [0.717, 1.165) is 35.7 Å². The fraction of sp³-hybridized carbons (Fsp3) is 0.389. The van der Waals surface area contributed by atoms with Gasteiger partial charge in [0.05, 0.1) is 0 Å². The molecule has 0 fully saturated rings. The van der Waals surface area contributed by atoms with E-state index in [1.54, 1.807) is 7.05 Å². The number of anilines is 2. The van der Waals surface area contributed by atoms with Gasteiger partial charge in [-0.1, -0.05) is 6.07 Å². The summed E-state index contributed by atoms with van der Waals surface area (Å²) in [6.45, 7) is 5.73. The van der Waals surface area contributed by atoms with E-state index in [1.807, 2.05) is 4.57 Å². The maximum Gasteiger partial charge on any atom is 0.332 e. The van der Waals surface area contributed by atoms with Crippen LogP contribution in [0.4, 0.5) is 11.6 Å². The fourth-order valence-electron chi connectivity index (χ4n) is 3.48. The second-order valence-corrected chi connectivity index (χ2v) is 6.72. The number of fused-ring (bicyclic) bond motifs is 3. The standard InChI is InChI=1S/C18H21N5O2/c1-11-6-7-13(10-12(11)2)22-8-5-9-23-14-15(19-17(22)23)20(3)18(25)21(4)16(14)24/h6-7,10H,5,8-9H2,1-4H3. The van der Waals surface area contributed by atoms with Crippen LogP contribution in [-0.4, -0.2) is 25.2 Å². The fourth-order valence-corrected chi connectivity index (χ4v) is 3.48. The number of benzene rings is 1.